The quantitative estimate of drug-likeness (QED) is 0.316. The first kappa shape index (κ1) is 7.84. The number of nitrogens with one attached hydrogen (secondary N) is 1. The van der Waals surface area contributed by atoms with Crippen molar-refractivity contribution in [1.29, 1.82) is 0 Å². The molecule has 0 heterocycles. The van der Waals surface area contributed by atoms with Crippen molar-refractivity contribution in [2.75, 3.05) is 20.1 Å². The molecule has 8 heavy (non-hydrogen) atoms. The second-order valence-corrected chi connectivity index (χ2v) is 1.81. The summed E-state index contributed by atoms with van der Waals surface area (Å²) in [5.41, 5.74) is 15.5. The standard InChI is InChI=1S/C4H14N4/c1-8-4(7,2-5)3-6/h8H,2-3,5-7H2,1H3. The van der Waals surface area contributed by atoms with Gasteiger partial charge in [-0.2, -0.15) is 0 Å². The van der Waals surface area contributed by atoms with Crippen LogP contribution in [0.15, 0.2) is 0 Å². The summed E-state index contributed by atoms with van der Waals surface area (Å²) in [4.78, 5) is 0. The van der Waals surface area contributed by atoms with Crippen molar-refractivity contribution in [2.24, 2.45) is 17.2 Å². The summed E-state index contributed by atoms with van der Waals surface area (Å²) in [7, 11) is 1.74. The van der Waals surface area contributed by atoms with Gasteiger partial charge in [-0.05, 0) is 7.05 Å². The minimum atomic E-state index is -0.569. The molecule has 0 atom stereocenters. The molecule has 0 amide bonds. The van der Waals surface area contributed by atoms with Crippen LogP contribution < -0.4 is 22.5 Å². The SMILES string of the molecule is CNC(N)(CN)CN. The normalized spacial score (nSPS) is 12.0. The fourth-order valence-corrected chi connectivity index (χ4v) is 0.287. The van der Waals surface area contributed by atoms with Gasteiger partial charge in [0.25, 0.3) is 0 Å². The molecule has 4 nitrogen and oxygen atoms in total. The third-order valence-electron chi connectivity index (χ3n) is 1.23. The summed E-state index contributed by atoms with van der Waals surface area (Å²) in [5, 5.41) is 2.81. The highest BCUT2D eigenvalue weighted by molar-refractivity contribution is 4.80. The van der Waals surface area contributed by atoms with Crippen LogP contribution in [0.25, 0.3) is 0 Å². The molecule has 0 saturated carbocycles. The first-order chi connectivity index (χ1) is 3.68. The second-order valence-electron chi connectivity index (χ2n) is 1.81. The van der Waals surface area contributed by atoms with E-state index >= 15 is 0 Å². The van der Waals surface area contributed by atoms with Gasteiger partial charge in [0, 0.05) is 13.1 Å². The molecule has 0 bridgehead atoms. The summed E-state index contributed by atoms with van der Waals surface area (Å²) in [5.74, 6) is 0. The third kappa shape index (κ3) is 1.75. The van der Waals surface area contributed by atoms with Gasteiger partial charge >= 0.3 is 0 Å². The largest absolute Gasteiger partial charge is 0.327 e. The van der Waals surface area contributed by atoms with Crippen LogP contribution >= 0.6 is 0 Å². The van der Waals surface area contributed by atoms with Crippen LogP contribution in [0.3, 0.4) is 0 Å². The smallest absolute Gasteiger partial charge is 0.0911 e. The third-order valence-corrected chi connectivity index (χ3v) is 1.23. The summed E-state index contributed by atoms with van der Waals surface area (Å²) in [6.45, 7) is 0.722. The lowest BCUT2D eigenvalue weighted by Gasteiger charge is -2.24. The van der Waals surface area contributed by atoms with Gasteiger partial charge in [-0.1, -0.05) is 0 Å². The van der Waals surface area contributed by atoms with Crippen molar-refractivity contribution in [3.63, 3.8) is 0 Å². The van der Waals surface area contributed by atoms with Crippen molar-refractivity contribution in [3.05, 3.63) is 0 Å². The molecule has 0 aliphatic carbocycles. The van der Waals surface area contributed by atoms with Gasteiger partial charge in [0.15, 0.2) is 0 Å². The lowest BCUT2D eigenvalue weighted by Crippen LogP contribution is -2.62. The van der Waals surface area contributed by atoms with E-state index in [4.69, 9.17) is 17.2 Å². The van der Waals surface area contributed by atoms with E-state index in [0.717, 1.165) is 0 Å². The molecule has 0 aromatic rings. The summed E-state index contributed by atoms with van der Waals surface area (Å²) in [6, 6.07) is 0. The molecule has 0 spiro atoms. The average Bonchev–Trinajstić information content (AvgIpc) is 1.87. The number of nitrogens with two attached hydrogens (primary N) is 3. The number of hydrogen-bond donors (Lipinski definition) is 4. The van der Waals surface area contributed by atoms with Gasteiger partial charge in [-0.3, -0.25) is 0 Å². The maximum Gasteiger partial charge on any atom is 0.0911 e. The molecule has 0 aliphatic heterocycles. The Labute approximate surface area is 49.4 Å². The first-order valence-electron chi connectivity index (χ1n) is 2.56. The van der Waals surface area contributed by atoms with Crippen molar-refractivity contribution < 1.29 is 0 Å². The van der Waals surface area contributed by atoms with Crippen LogP contribution in [0.4, 0.5) is 0 Å². The van der Waals surface area contributed by atoms with Gasteiger partial charge in [0.2, 0.25) is 0 Å². The van der Waals surface area contributed by atoms with Crippen LogP contribution in [0.1, 0.15) is 0 Å². The molecule has 0 unspecified atom stereocenters. The van der Waals surface area contributed by atoms with Crippen molar-refractivity contribution in [2.45, 2.75) is 5.66 Å². The lowest BCUT2D eigenvalue weighted by atomic mass is 10.2. The zero-order chi connectivity index (χ0) is 6.62. The Kier molecular flexibility index (Phi) is 2.93. The molecule has 0 saturated heterocycles. The van der Waals surface area contributed by atoms with E-state index in [2.05, 4.69) is 5.32 Å². The van der Waals surface area contributed by atoms with Crippen LogP contribution in [-0.4, -0.2) is 25.8 Å². The number of likely N-dealkylation sites (N-methyl/N-ethyl adjacent to an activating group) is 1. The van der Waals surface area contributed by atoms with E-state index in [1.807, 2.05) is 0 Å². The maximum absolute atomic E-state index is 5.53. The van der Waals surface area contributed by atoms with Gasteiger partial charge < -0.3 is 22.5 Å². The molecular weight excluding hydrogens is 104 g/mol. The second kappa shape index (κ2) is 2.99. The minimum absolute atomic E-state index is 0.361. The van der Waals surface area contributed by atoms with Crippen molar-refractivity contribution in [3.8, 4) is 0 Å². The first-order valence-corrected chi connectivity index (χ1v) is 2.56. The van der Waals surface area contributed by atoms with E-state index in [1.165, 1.54) is 0 Å². The molecular formula is C4H14N4. The Bertz CT molecular complexity index is 50.8. The Hall–Kier alpha value is -0.160. The topological polar surface area (TPSA) is 90.1 Å². The molecule has 7 N–H and O–H groups in total. The van der Waals surface area contributed by atoms with E-state index in [0.29, 0.717) is 13.1 Å². The van der Waals surface area contributed by atoms with Crippen molar-refractivity contribution in [1.82, 2.24) is 5.32 Å². The Balaban J connectivity index is 3.58. The fraction of sp³-hybridized carbons (Fsp3) is 1.00. The van der Waals surface area contributed by atoms with Gasteiger partial charge in [0.05, 0.1) is 5.66 Å². The van der Waals surface area contributed by atoms with Crippen LogP contribution in [0, 0.1) is 0 Å². The molecule has 0 fully saturated rings. The molecule has 0 aromatic heterocycles. The Morgan fingerprint density at radius 2 is 1.75 bits per heavy atom. The molecule has 0 radical (unpaired) electrons. The van der Waals surface area contributed by atoms with E-state index in [1.54, 1.807) is 7.05 Å². The predicted octanol–water partition coefficient (Wildman–Crippen LogP) is -2.22. The molecule has 4 heteroatoms. The number of rotatable bonds is 3. The van der Waals surface area contributed by atoms with E-state index < -0.39 is 5.66 Å². The van der Waals surface area contributed by atoms with Crippen LogP contribution in [0.5, 0.6) is 0 Å². The number of hydrogen-bond acceptors (Lipinski definition) is 4. The van der Waals surface area contributed by atoms with Crippen LogP contribution in [-0.2, 0) is 0 Å². The minimum Gasteiger partial charge on any atom is -0.327 e. The molecule has 50 valence electrons. The monoisotopic (exact) mass is 118 g/mol. The van der Waals surface area contributed by atoms with Gasteiger partial charge in [-0.25, -0.2) is 0 Å². The molecule has 0 aliphatic rings. The van der Waals surface area contributed by atoms with E-state index in [-0.39, 0.29) is 0 Å². The zero-order valence-corrected chi connectivity index (χ0v) is 5.15. The highest BCUT2D eigenvalue weighted by atomic mass is 15.1. The van der Waals surface area contributed by atoms with E-state index in [9.17, 15) is 0 Å². The summed E-state index contributed by atoms with van der Waals surface area (Å²) >= 11 is 0. The van der Waals surface area contributed by atoms with Gasteiger partial charge in [0.1, 0.15) is 0 Å². The lowest BCUT2D eigenvalue weighted by molar-refractivity contribution is 0.383. The predicted molar refractivity (Wildman–Crippen MR) is 34.1 cm³/mol. The fourth-order valence-electron chi connectivity index (χ4n) is 0.287. The highest BCUT2D eigenvalue weighted by Gasteiger charge is 2.16. The summed E-state index contributed by atoms with van der Waals surface area (Å²) in [6.07, 6.45) is 0. The maximum atomic E-state index is 5.53. The highest BCUT2D eigenvalue weighted by Crippen LogP contribution is 1.83. The van der Waals surface area contributed by atoms with Crippen LogP contribution in [0.2, 0.25) is 0 Å². The Morgan fingerprint density at radius 1 is 1.38 bits per heavy atom. The van der Waals surface area contributed by atoms with Gasteiger partial charge in [-0.15, -0.1) is 0 Å². The molecule has 0 rings (SSSR count). The molecule has 0 aromatic carbocycles. The average molecular weight is 118 g/mol. The summed E-state index contributed by atoms with van der Waals surface area (Å²) < 4.78 is 0. The van der Waals surface area contributed by atoms with Crippen molar-refractivity contribution >= 4 is 0 Å². The zero-order valence-electron chi connectivity index (χ0n) is 5.15. The Morgan fingerprint density at radius 3 is 1.75 bits per heavy atom.